The summed E-state index contributed by atoms with van der Waals surface area (Å²) in [5.41, 5.74) is -0.828. The van der Waals surface area contributed by atoms with Gasteiger partial charge >= 0.3 is 5.97 Å². The third-order valence-corrected chi connectivity index (χ3v) is 2.58. The number of hydrogen-bond donors (Lipinski definition) is 2. The summed E-state index contributed by atoms with van der Waals surface area (Å²) in [5, 5.41) is 11.5. The number of rotatable bonds is 6. The van der Waals surface area contributed by atoms with E-state index in [2.05, 4.69) is 10.3 Å². The van der Waals surface area contributed by atoms with Gasteiger partial charge in [0.2, 0.25) is 5.88 Å². The molecule has 0 radical (unpaired) electrons. The average Bonchev–Trinajstić information content (AvgIpc) is 2.35. The van der Waals surface area contributed by atoms with Crippen LogP contribution in [0, 0.1) is 5.41 Å². The zero-order chi connectivity index (χ0) is 15.3. The molecular formula is C14H20N2O4. The number of ether oxygens (including phenoxy) is 1. The van der Waals surface area contributed by atoms with E-state index in [0.717, 1.165) is 0 Å². The summed E-state index contributed by atoms with van der Waals surface area (Å²) in [7, 11) is 0. The fourth-order valence-electron chi connectivity index (χ4n) is 1.32. The third-order valence-electron chi connectivity index (χ3n) is 2.58. The van der Waals surface area contributed by atoms with Crippen molar-refractivity contribution in [2.24, 2.45) is 5.41 Å². The Morgan fingerprint density at radius 1 is 1.40 bits per heavy atom. The van der Waals surface area contributed by atoms with Gasteiger partial charge in [0.25, 0.3) is 5.91 Å². The van der Waals surface area contributed by atoms with Gasteiger partial charge in [-0.1, -0.05) is 6.07 Å². The molecule has 1 aromatic heterocycles. The van der Waals surface area contributed by atoms with Gasteiger partial charge in [0.15, 0.2) is 0 Å². The molecule has 20 heavy (non-hydrogen) atoms. The van der Waals surface area contributed by atoms with Gasteiger partial charge in [-0.15, -0.1) is 0 Å². The van der Waals surface area contributed by atoms with Crippen LogP contribution in [-0.2, 0) is 4.79 Å². The molecule has 0 saturated carbocycles. The summed E-state index contributed by atoms with van der Waals surface area (Å²) < 4.78 is 5.40. The minimum Gasteiger partial charge on any atom is -0.481 e. The Kier molecular flexibility index (Phi) is 5.07. The van der Waals surface area contributed by atoms with Crippen LogP contribution >= 0.6 is 0 Å². The highest BCUT2D eigenvalue weighted by atomic mass is 16.5. The molecule has 0 spiro atoms. The third kappa shape index (κ3) is 4.53. The van der Waals surface area contributed by atoms with Crippen molar-refractivity contribution >= 4 is 11.9 Å². The van der Waals surface area contributed by atoms with E-state index in [1.54, 1.807) is 32.0 Å². The standard InChI is InChI=1S/C14H20N2O4/c1-9(2)20-11-7-5-6-10(16-11)12(17)15-8-14(3,4)13(18)19/h5-7,9H,8H2,1-4H3,(H,15,17)(H,18,19). The molecule has 0 aliphatic rings. The Hall–Kier alpha value is -2.11. The summed E-state index contributed by atoms with van der Waals surface area (Å²) >= 11 is 0. The lowest BCUT2D eigenvalue weighted by atomic mass is 9.94. The van der Waals surface area contributed by atoms with Crippen LogP contribution in [0.5, 0.6) is 5.88 Å². The Balaban J connectivity index is 2.71. The van der Waals surface area contributed by atoms with E-state index in [0.29, 0.717) is 5.88 Å². The lowest BCUT2D eigenvalue weighted by Gasteiger charge is -2.19. The van der Waals surface area contributed by atoms with Crippen molar-refractivity contribution in [3.05, 3.63) is 23.9 Å². The molecule has 110 valence electrons. The van der Waals surface area contributed by atoms with Gasteiger partial charge in [-0.2, -0.15) is 0 Å². The highest BCUT2D eigenvalue weighted by Crippen LogP contribution is 2.14. The number of nitrogens with zero attached hydrogens (tertiary/aromatic N) is 1. The Morgan fingerprint density at radius 2 is 2.05 bits per heavy atom. The number of aliphatic carboxylic acids is 1. The molecule has 1 aromatic rings. The predicted molar refractivity (Wildman–Crippen MR) is 73.8 cm³/mol. The SMILES string of the molecule is CC(C)Oc1cccc(C(=O)NCC(C)(C)C(=O)O)n1. The van der Waals surface area contributed by atoms with Crippen LogP contribution in [0.3, 0.4) is 0 Å². The van der Waals surface area contributed by atoms with E-state index in [4.69, 9.17) is 9.84 Å². The van der Waals surface area contributed by atoms with Crippen LogP contribution in [0.2, 0.25) is 0 Å². The van der Waals surface area contributed by atoms with Crippen LogP contribution in [0.15, 0.2) is 18.2 Å². The molecular weight excluding hydrogens is 260 g/mol. The second-order valence-electron chi connectivity index (χ2n) is 5.40. The van der Waals surface area contributed by atoms with Gasteiger partial charge < -0.3 is 15.2 Å². The maximum atomic E-state index is 11.9. The summed E-state index contributed by atoms with van der Waals surface area (Å²) in [6.07, 6.45) is -0.0354. The van der Waals surface area contributed by atoms with Crippen LogP contribution in [-0.4, -0.2) is 34.6 Å². The van der Waals surface area contributed by atoms with Crippen molar-refractivity contribution in [3.8, 4) is 5.88 Å². The molecule has 1 amide bonds. The van der Waals surface area contributed by atoms with Crippen LogP contribution < -0.4 is 10.1 Å². The second-order valence-corrected chi connectivity index (χ2v) is 5.40. The van der Waals surface area contributed by atoms with Gasteiger partial charge in [-0.25, -0.2) is 4.98 Å². The van der Waals surface area contributed by atoms with Crippen molar-refractivity contribution in [2.75, 3.05) is 6.54 Å². The van der Waals surface area contributed by atoms with Gasteiger partial charge in [0, 0.05) is 12.6 Å². The molecule has 0 aromatic carbocycles. The Bertz CT molecular complexity index is 498. The number of carboxylic acid groups (broad SMARTS) is 1. The molecule has 0 aliphatic heterocycles. The van der Waals surface area contributed by atoms with Gasteiger partial charge in [-0.05, 0) is 33.8 Å². The molecule has 6 nitrogen and oxygen atoms in total. The van der Waals surface area contributed by atoms with Crippen LogP contribution in [0.25, 0.3) is 0 Å². The van der Waals surface area contributed by atoms with E-state index in [9.17, 15) is 9.59 Å². The highest BCUT2D eigenvalue weighted by Gasteiger charge is 2.27. The van der Waals surface area contributed by atoms with Crippen LogP contribution in [0.4, 0.5) is 0 Å². The van der Waals surface area contributed by atoms with Gasteiger partial charge in [-0.3, -0.25) is 9.59 Å². The van der Waals surface area contributed by atoms with Crippen molar-refractivity contribution in [1.29, 1.82) is 0 Å². The maximum Gasteiger partial charge on any atom is 0.310 e. The molecule has 1 rings (SSSR count). The van der Waals surface area contributed by atoms with E-state index in [1.807, 2.05) is 13.8 Å². The summed E-state index contributed by atoms with van der Waals surface area (Å²) in [5.74, 6) is -1.03. The molecule has 0 unspecified atom stereocenters. The first-order chi connectivity index (χ1) is 9.22. The molecule has 0 saturated heterocycles. The second kappa shape index (κ2) is 6.36. The molecule has 1 heterocycles. The zero-order valence-electron chi connectivity index (χ0n) is 12.1. The summed E-state index contributed by atoms with van der Waals surface area (Å²) in [6, 6.07) is 4.89. The number of amides is 1. The van der Waals surface area contributed by atoms with Crippen molar-refractivity contribution in [1.82, 2.24) is 10.3 Å². The Morgan fingerprint density at radius 3 is 2.60 bits per heavy atom. The van der Waals surface area contributed by atoms with Crippen molar-refractivity contribution < 1.29 is 19.4 Å². The average molecular weight is 280 g/mol. The number of nitrogens with one attached hydrogen (secondary N) is 1. The normalized spacial score (nSPS) is 11.2. The van der Waals surface area contributed by atoms with Crippen LogP contribution in [0.1, 0.15) is 38.2 Å². The monoisotopic (exact) mass is 280 g/mol. The first kappa shape index (κ1) is 15.9. The number of carbonyl (C=O) groups is 2. The molecule has 0 atom stereocenters. The number of carboxylic acids is 1. The largest absolute Gasteiger partial charge is 0.481 e. The fourth-order valence-corrected chi connectivity index (χ4v) is 1.32. The highest BCUT2D eigenvalue weighted by molar-refractivity contribution is 5.92. The summed E-state index contributed by atoms with van der Waals surface area (Å²) in [4.78, 5) is 27.0. The minimum atomic E-state index is -1.03. The molecule has 0 fully saturated rings. The van der Waals surface area contributed by atoms with E-state index in [-0.39, 0.29) is 18.3 Å². The van der Waals surface area contributed by atoms with Crippen molar-refractivity contribution in [2.45, 2.75) is 33.8 Å². The molecule has 0 bridgehead atoms. The lowest BCUT2D eigenvalue weighted by Crippen LogP contribution is -2.39. The van der Waals surface area contributed by atoms with E-state index in [1.165, 1.54) is 0 Å². The zero-order valence-corrected chi connectivity index (χ0v) is 12.1. The topological polar surface area (TPSA) is 88.5 Å². The van der Waals surface area contributed by atoms with Gasteiger partial charge in [0.05, 0.1) is 11.5 Å². The summed E-state index contributed by atoms with van der Waals surface area (Å²) in [6.45, 7) is 6.84. The fraction of sp³-hybridized carbons (Fsp3) is 0.500. The lowest BCUT2D eigenvalue weighted by molar-refractivity contribution is -0.146. The Labute approximate surface area is 118 Å². The van der Waals surface area contributed by atoms with E-state index < -0.39 is 17.3 Å². The maximum absolute atomic E-state index is 11.9. The number of carbonyl (C=O) groups excluding carboxylic acids is 1. The minimum absolute atomic E-state index is 0.0259. The number of aromatic nitrogens is 1. The number of pyridine rings is 1. The molecule has 0 aliphatic carbocycles. The predicted octanol–water partition coefficient (Wildman–Crippen LogP) is 1.71. The molecule has 6 heteroatoms. The molecule has 2 N–H and O–H groups in total. The van der Waals surface area contributed by atoms with Gasteiger partial charge in [0.1, 0.15) is 5.69 Å². The first-order valence-electron chi connectivity index (χ1n) is 6.37. The first-order valence-corrected chi connectivity index (χ1v) is 6.37. The van der Waals surface area contributed by atoms with Crippen molar-refractivity contribution in [3.63, 3.8) is 0 Å². The number of hydrogen-bond acceptors (Lipinski definition) is 4. The smallest absolute Gasteiger partial charge is 0.310 e. The quantitative estimate of drug-likeness (QED) is 0.828. The van der Waals surface area contributed by atoms with E-state index >= 15 is 0 Å².